The third-order valence-corrected chi connectivity index (χ3v) is 2.37. The van der Waals surface area contributed by atoms with Gasteiger partial charge in [-0.15, -0.1) is 0 Å². The molecule has 5 heteroatoms. The van der Waals surface area contributed by atoms with Crippen LogP contribution in [0.25, 0.3) is 0 Å². The van der Waals surface area contributed by atoms with E-state index in [4.69, 9.17) is 15.2 Å². The summed E-state index contributed by atoms with van der Waals surface area (Å²) in [5, 5.41) is 2.70. The highest BCUT2D eigenvalue weighted by molar-refractivity contribution is 5.67. The molecule has 16 heavy (non-hydrogen) atoms. The summed E-state index contributed by atoms with van der Waals surface area (Å²) in [6.45, 7) is 7.33. The van der Waals surface area contributed by atoms with Gasteiger partial charge >= 0.3 is 6.09 Å². The van der Waals surface area contributed by atoms with Gasteiger partial charge in [-0.3, -0.25) is 0 Å². The van der Waals surface area contributed by atoms with Crippen LogP contribution < -0.4 is 11.1 Å². The fraction of sp³-hybridized carbons (Fsp3) is 0.909. The standard InChI is InChI=1S/C11H22N2O3/c1-11(2,3)16-10(14)13-6-9-4-8(5-12)7-15-9/h8-9H,4-7,12H2,1-3H3,(H,13,14). The molecule has 1 amide bonds. The van der Waals surface area contributed by atoms with Crippen LogP contribution in [0.4, 0.5) is 4.79 Å². The molecule has 1 fully saturated rings. The molecular weight excluding hydrogens is 208 g/mol. The molecular formula is C11H22N2O3. The summed E-state index contributed by atoms with van der Waals surface area (Å²) in [4.78, 5) is 11.4. The Morgan fingerprint density at radius 2 is 2.25 bits per heavy atom. The van der Waals surface area contributed by atoms with Crippen LogP contribution in [0.1, 0.15) is 27.2 Å². The lowest BCUT2D eigenvalue weighted by atomic mass is 10.1. The van der Waals surface area contributed by atoms with Crippen LogP contribution in [-0.4, -0.2) is 37.5 Å². The van der Waals surface area contributed by atoms with Crippen LogP contribution in [0.5, 0.6) is 0 Å². The molecule has 0 saturated carbocycles. The predicted molar refractivity (Wildman–Crippen MR) is 61.1 cm³/mol. The van der Waals surface area contributed by atoms with Crippen LogP contribution >= 0.6 is 0 Å². The van der Waals surface area contributed by atoms with E-state index in [1.807, 2.05) is 20.8 Å². The number of hydrogen-bond acceptors (Lipinski definition) is 4. The molecule has 5 nitrogen and oxygen atoms in total. The van der Waals surface area contributed by atoms with Gasteiger partial charge in [-0.1, -0.05) is 0 Å². The van der Waals surface area contributed by atoms with Crippen molar-refractivity contribution in [2.45, 2.75) is 38.9 Å². The number of amides is 1. The Hall–Kier alpha value is -0.810. The molecule has 3 N–H and O–H groups in total. The minimum atomic E-state index is -0.458. The van der Waals surface area contributed by atoms with Crippen LogP contribution in [0.15, 0.2) is 0 Å². The monoisotopic (exact) mass is 230 g/mol. The Morgan fingerprint density at radius 3 is 2.75 bits per heavy atom. The summed E-state index contributed by atoms with van der Waals surface area (Å²) in [7, 11) is 0. The van der Waals surface area contributed by atoms with Crippen molar-refractivity contribution in [1.29, 1.82) is 0 Å². The second kappa shape index (κ2) is 5.50. The quantitative estimate of drug-likeness (QED) is 0.754. The molecule has 1 aliphatic heterocycles. The molecule has 0 aromatic rings. The smallest absolute Gasteiger partial charge is 0.407 e. The van der Waals surface area contributed by atoms with Crippen LogP contribution in [0, 0.1) is 5.92 Å². The normalized spacial score (nSPS) is 25.5. The van der Waals surface area contributed by atoms with Gasteiger partial charge in [-0.05, 0) is 39.7 Å². The van der Waals surface area contributed by atoms with Gasteiger partial charge in [-0.2, -0.15) is 0 Å². The first kappa shape index (κ1) is 13.3. The van der Waals surface area contributed by atoms with Crippen molar-refractivity contribution in [3.05, 3.63) is 0 Å². The molecule has 0 aromatic heterocycles. The lowest BCUT2D eigenvalue weighted by molar-refractivity contribution is 0.0468. The molecule has 0 bridgehead atoms. The first-order valence-corrected chi connectivity index (χ1v) is 5.69. The number of nitrogens with two attached hydrogens (primary N) is 1. The van der Waals surface area contributed by atoms with E-state index < -0.39 is 11.7 Å². The maximum Gasteiger partial charge on any atom is 0.407 e. The molecule has 1 rings (SSSR count). The van der Waals surface area contributed by atoms with Gasteiger partial charge in [-0.25, -0.2) is 4.79 Å². The number of carbonyl (C=O) groups is 1. The fourth-order valence-corrected chi connectivity index (χ4v) is 1.60. The summed E-state index contributed by atoms with van der Waals surface area (Å²) in [5.41, 5.74) is 5.09. The van der Waals surface area contributed by atoms with Crippen molar-refractivity contribution in [1.82, 2.24) is 5.32 Å². The van der Waals surface area contributed by atoms with E-state index >= 15 is 0 Å². The minimum Gasteiger partial charge on any atom is -0.444 e. The maximum absolute atomic E-state index is 11.4. The summed E-state index contributed by atoms with van der Waals surface area (Å²) >= 11 is 0. The zero-order chi connectivity index (χ0) is 12.2. The van der Waals surface area contributed by atoms with Gasteiger partial charge in [0.05, 0.1) is 12.7 Å². The lowest BCUT2D eigenvalue weighted by Crippen LogP contribution is -2.36. The first-order chi connectivity index (χ1) is 7.40. The van der Waals surface area contributed by atoms with Crippen LogP contribution in [-0.2, 0) is 9.47 Å². The van der Waals surface area contributed by atoms with E-state index in [0.717, 1.165) is 6.42 Å². The molecule has 1 saturated heterocycles. The van der Waals surface area contributed by atoms with E-state index in [2.05, 4.69) is 5.32 Å². The van der Waals surface area contributed by atoms with Crippen molar-refractivity contribution in [3.8, 4) is 0 Å². The second-order valence-corrected chi connectivity index (χ2v) is 5.18. The van der Waals surface area contributed by atoms with E-state index in [-0.39, 0.29) is 6.10 Å². The van der Waals surface area contributed by atoms with E-state index in [9.17, 15) is 4.79 Å². The Morgan fingerprint density at radius 1 is 1.56 bits per heavy atom. The molecule has 1 heterocycles. The topological polar surface area (TPSA) is 73.6 Å². The molecule has 2 atom stereocenters. The number of rotatable bonds is 3. The number of hydrogen-bond donors (Lipinski definition) is 2. The summed E-state index contributed by atoms with van der Waals surface area (Å²) in [6.07, 6.45) is 0.583. The van der Waals surface area contributed by atoms with Crippen molar-refractivity contribution in [2.24, 2.45) is 11.7 Å². The van der Waals surface area contributed by atoms with Crippen LogP contribution in [0.3, 0.4) is 0 Å². The van der Waals surface area contributed by atoms with E-state index in [0.29, 0.717) is 25.6 Å². The SMILES string of the molecule is CC(C)(C)OC(=O)NCC1CC(CN)CO1. The molecule has 0 aliphatic carbocycles. The van der Waals surface area contributed by atoms with Gasteiger partial charge in [0.25, 0.3) is 0 Å². The molecule has 0 spiro atoms. The van der Waals surface area contributed by atoms with Gasteiger partial charge in [0.2, 0.25) is 0 Å². The van der Waals surface area contributed by atoms with Crippen molar-refractivity contribution in [3.63, 3.8) is 0 Å². The minimum absolute atomic E-state index is 0.0704. The molecule has 0 radical (unpaired) electrons. The summed E-state index contributed by atoms with van der Waals surface area (Å²) in [6, 6.07) is 0. The maximum atomic E-state index is 11.4. The fourth-order valence-electron chi connectivity index (χ4n) is 1.60. The Labute approximate surface area is 96.7 Å². The van der Waals surface area contributed by atoms with Gasteiger partial charge < -0.3 is 20.5 Å². The van der Waals surface area contributed by atoms with Gasteiger partial charge in [0, 0.05) is 6.54 Å². The van der Waals surface area contributed by atoms with Gasteiger partial charge in [0.15, 0.2) is 0 Å². The van der Waals surface area contributed by atoms with Gasteiger partial charge in [0.1, 0.15) is 5.60 Å². The lowest BCUT2D eigenvalue weighted by Gasteiger charge is -2.20. The molecule has 0 aromatic carbocycles. The Balaban J connectivity index is 2.18. The zero-order valence-corrected chi connectivity index (χ0v) is 10.3. The van der Waals surface area contributed by atoms with E-state index in [1.165, 1.54) is 0 Å². The van der Waals surface area contributed by atoms with Crippen LogP contribution in [0.2, 0.25) is 0 Å². The first-order valence-electron chi connectivity index (χ1n) is 5.69. The predicted octanol–water partition coefficient (Wildman–Crippen LogP) is 0.875. The Kier molecular flexibility index (Phi) is 4.56. The number of nitrogens with one attached hydrogen (secondary N) is 1. The second-order valence-electron chi connectivity index (χ2n) is 5.18. The zero-order valence-electron chi connectivity index (χ0n) is 10.3. The molecule has 94 valence electrons. The molecule has 1 aliphatic rings. The van der Waals surface area contributed by atoms with Crippen molar-refractivity contribution < 1.29 is 14.3 Å². The molecule has 2 unspecified atom stereocenters. The summed E-state index contributed by atoms with van der Waals surface area (Å²) in [5.74, 6) is 0.422. The van der Waals surface area contributed by atoms with Crippen molar-refractivity contribution in [2.75, 3.05) is 19.7 Å². The highest BCUT2D eigenvalue weighted by Crippen LogP contribution is 2.17. The van der Waals surface area contributed by atoms with Crippen molar-refractivity contribution >= 4 is 6.09 Å². The largest absolute Gasteiger partial charge is 0.444 e. The average molecular weight is 230 g/mol. The number of alkyl carbamates (subject to hydrolysis) is 1. The van der Waals surface area contributed by atoms with E-state index in [1.54, 1.807) is 0 Å². The third-order valence-electron chi connectivity index (χ3n) is 2.37. The number of carbonyl (C=O) groups excluding carboxylic acids is 1. The highest BCUT2D eigenvalue weighted by atomic mass is 16.6. The Bertz CT molecular complexity index is 238. The summed E-state index contributed by atoms with van der Waals surface area (Å²) < 4.78 is 10.6. The third kappa shape index (κ3) is 4.81. The number of ether oxygens (including phenoxy) is 2. The average Bonchev–Trinajstić information content (AvgIpc) is 2.59. The highest BCUT2D eigenvalue weighted by Gasteiger charge is 2.25.